The van der Waals surface area contributed by atoms with Gasteiger partial charge in [-0.25, -0.2) is 0 Å². The molecule has 1 rings (SSSR count). The van der Waals surface area contributed by atoms with Crippen molar-refractivity contribution in [1.82, 2.24) is 5.32 Å². The van der Waals surface area contributed by atoms with Gasteiger partial charge >= 0.3 is 0 Å². The Morgan fingerprint density at radius 2 is 1.93 bits per heavy atom. The fraction of sp³-hybridized carbons (Fsp3) is 0.364. The lowest BCUT2D eigenvalue weighted by Gasteiger charge is -2.18. The maximum absolute atomic E-state index is 11.4. The first-order valence-electron chi connectivity index (χ1n) is 4.55. The molecule has 76 valence electrons. The first-order valence-corrected chi connectivity index (χ1v) is 4.55. The van der Waals surface area contributed by atoms with Crippen molar-refractivity contribution >= 4 is 5.91 Å². The average Bonchev–Trinajstić information content (AvgIpc) is 2.02. The van der Waals surface area contributed by atoms with Crippen LogP contribution < -0.4 is 5.32 Å². The number of nitrogens with one attached hydrogen (secondary N) is 1. The summed E-state index contributed by atoms with van der Waals surface area (Å²) < 4.78 is 0. The maximum Gasteiger partial charge on any atom is 0.226 e. The predicted molar refractivity (Wildman–Crippen MR) is 54.6 cm³/mol. The highest BCUT2D eigenvalue weighted by Gasteiger charge is 2.15. The summed E-state index contributed by atoms with van der Waals surface area (Å²) in [6, 6.07) is 9.42. The summed E-state index contributed by atoms with van der Waals surface area (Å²) >= 11 is 0. The third kappa shape index (κ3) is 4.05. The quantitative estimate of drug-likeness (QED) is 0.705. The zero-order valence-electron chi connectivity index (χ0n) is 8.45. The molecule has 0 unspecified atom stereocenters. The van der Waals surface area contributed by atoms with Gasteiger partial charge in [-0.05, 0) is 19.4 Å². The van der Waals surface area contributed by atoms with Gasteiger partial charge in [-0.1, -0.05) is 30.3 Å². The average molecular weight is 193 g/mol. The molecule has 0 spiro atoms. The molecule has 1 aromatic carbocycles. The number of benzene rings is 1. The van der Waals surface area contributed by atoms with E-state index < -0.39 is 5.72 Å². The van der Waals surface area contributed by atoms with E-state index in [1.807, 2.05) is 30.3 Å². The lowest BCUT2D eigenvalue weighted by atomic mass is 10.1. The molecule has 0 aromatic heterocycles. The van der Waals surface area contributed by atoms with Gasteiger partial charge in [0.15, 0.2) is 0 Å². The number of rotatable bonds is 3. The molecule has 0 fully saturated rings. The molecule has 3 heteroatoms. The minimum absolute atomic E-state index is 0.177. The van der Waals surface area contributed by atoms with Crippen LogP contribution in [0.3, 0.4) is 0 Å². The summed E-state index contributed by atoms with van der Waals surface area (Å²) in [5, 5.41) is 11.8. The third-order valence-corrected chi connectivity index (χ3v) is 1.65. The SMILES string of the molecule is CC(C)(O)NC(=O)Cc1ccccc1. The molecular weight excluding hydrogens is 178 g/mol. The number of carbonyl (C=O) groups excluding carboxylic acids is 1. The molecule has 0 aliphatic heterocycles. The highest BCUT2D eigenvalue weighted by atomic mass is 16.3. The van der Waals surface area contributed by atoms with Crippen LogP contribution in [-0.2, 0) is 11.2 Å². The van der Waals surface area contributed by atoms with Gasteiger partial charge in [-0.2, -0.15) is 0 Å². The minimum atomic E-state index is -1.15. The smallest absolute Gasteiger partial charge is 0.226 e. The Morgan fingerprint density at radius 3 is 2.43 bits per heavy atom. The van der Waals surface area contributed by atoms with Crippen LogP contribution in [-0.4, -0.2) is 16.7 Å². The van der Waals surface area contributed by atoms with E-state index in [0.717, 1.165) is 5.56 Å². The second-order valence-electron chi connectivity index (χ2n) is 3.77. The molecule has 1 amide bonds. The fourth-order valence-electron chi connectivity index (χ4n) is 1.17. The summed E-state index contributed by atoms with van der Waals surface area (Å²) in [6.45, 7) is 3.08. The molecule has 0 radical (unpaired) electrons. The van der Waals surface area contributed by atoms with Crippen LogP contribution in [0.1, 0.15) is 19.4 Å². The summed E-state index contributed by atoms with van der Waals surface area (Å²) in [7, 11) is 0. The van der Waals surface area contributed by atoms with Crippen LogP contribution >= 0.6 is 0 Å². The van der Waals surface area contributed by atoms with Gasteiger partial charge in [-0.3, -0.25) is 4.79 Å². The number of hydrogen-bond donors (Lipinski definition) is 2. The van der Waals surface area contributed by atoms with Gasteiger partial charge < -0.3 is 10.4 Å². The predicted octanol–water partition coefficient (Wildman–Crippen LogP) is 1.07. The highest BCUT2D eigenvalue weighted by Crippen LogP contribution is 2.01. The Labute approximate surface area is 83.8 Å². The van der Waals surface area contributed by atoms with Crippen molar-refractivity contribution in [3.8, 4) is 0 Å². The summed E-state index contributed by atoms with van der Waals surface area (Å²) in [5.74, 6) is -0.177. The normalized spacial score (nSPS) is 11.1. The number of hydrogen-bond acceptors (Lipinski definition) is 2. The topological polar surface area (TPSA) is 49.3 Å². The Kier molecular flexibility index (Phi) is 3.25. The molecule has 0 aliphatic carbocycles. The van der Waals surface area contributed by atoms with Gasteiger partial charge in [0, 0.05) is 0 Å². The molecule has 0 atom stereocenters. The number of aliphatic hydroxyl groups is 1. The van der Waals surface area contributed by atoms with Crippen molar-refractivity contribution < 1.29 is 9.90 Å². The molecule has 1 aromatic rings. The second kappa shape index (κ2) is 4.24. The standard InChI is InChI=1S/C11H15NO2/c1-11(2,14)12-10(13)8-9-6-4-3-5-7-9/h3-7,14H,8H2,1-2H3,(H,12,13). The molecule has 2 N–H and O–H groups in total. The lowest BCUT2D eigenvalue weighted by Crippen LogP contribution is -2.43. The van der Waals surface area contributed by atoms with E-state index in [9.17, 15) is 9.90 Å². The largest absolute Gasteiger partial charge is 0.372 e. The molecule has 0 saturated heterocycles. The van der Waals surface area contributed by atoms with E-state index >= 15 is 0 Å². The number of carbonyl (C=O) groups is 1. The molecule has 14 heavy (non-hydrogen) atoms. The first-order chi connectivity index (χ1) is 6.47. The Bertz CT molecular complexity index is 301. The van der Waals surface area contributed by atoms with E-state index in [2.05, 4.69) is 5.32 Å². The van der Waals surface area contributed by atoms with Gasteiger partial charge in [-0.15, -0.1) is 0 Å². The summed E-state index contributed by atoms with van der Waals surface area (Å²) in [4.78, 5) is 11.4. The van der Waals surface area contributed by atoms with Crippen LogP contribution in [0, 0.1) is 0 Å². The van der Waals surface area contributed by atoms with Crippen molar-refractivity contribution in [3.63, 3.8) is 0 Å². The zero-order valence-corrected chi connectivity index (χ0v) is 8.45. The van der Waals surface area contributed by atoms with Crippen LogP contribution in [0.25, 0.3) is 0 Å². The van der Waals surface area contributed by atoms with Crippen molar-refractivity contribution in [2.75, 3.05) is 0 Å². The minimum Gasteiger partial charge on any atom is -0.372 e. The molecule has 0 heterocycles. The molecular formula is C11H15NO2. The third-order valence-electron chi connectivity index (χ3n) is 1.65. The fourth-order valence-corrected chi connectivity index (χ4v) is 1.17. The van der Waals surface area contributed by atoms with E-state index in [4.69, 9.17) is 0 Å². The summed E-state index contributed by atoms with van der Waals surface area (Å²) in [6.07, 6.45) is 0.296. The second-order valence-corrected chi connectivity index (χ2v) is 3.77. The molecule has 0 aliphatic rings. The highest BCUT2D eigenvalue weighted by molar-refractivity contribution is 5.78. The van der Waals surface area contributed by atoms with Crippen LogP contribution in [0.4, 0.5) is 0 Å². The van der Waals surface area contributed by atoms with Gasteiger partial charge in [0.25, 0.3) is 0 Å². The van der Waals surface area contributed by atoms with Crippen LogP contribution in [0.2, 0.25) is 0 Å². The lowest BCUT2D eigenvalue weighted by molar-refractivity contribution is -0.126. The van der Waals surface area contributed by atoms with Gasteiger partial charge in [0.05, 0.1) is 6.42 Å². The van der Waals surface area contributed by atoms with Gasteiger partial charge in [0.2, 0.25) is 5.91 Å². The van der Waals surface area contributed by atoms with E-state index in [1.54, 1.807) is 0 Å². The van der Waals surface area contributed by atoms with Crippen molar-refractivity contribution in [1.29, 1.82) is 0 Å². The summed E-state index contributed by atoms with van der Waals surface area (Å²) in [5.41, 5.74) is -0.208. The maximum atomic E-state index is 11.4. The molecule has 0 saturated carbocycles. The van der Waals surface area contributed by atoms with Crippen LogP contribution in [0.5, 0.6) is 0 Å². The number of amides is 1. The Hall–Kier alpha value is -1.35. The van der Waals surface area contributed by atoms with Crippen molar-refractivity contribution in [3.05, 3.63) is 35.9 Å². The van der Waals surface area contributed by atoms with Gasteiger partial charge in [0.1, 0.15) is 5.72 Å². The van der Waals surface area contributed by atoms with E-state index in [1.165, 1.54) is 13.8 Å². The Morgan fingerprint density at radius 1 is 1.36 bits per heavy atom. The van der Waals surface area contributed by atoms with E-state index in [0.29, 0.717) is 6.42 Å². The van der Waals surface area contributed by atoms with Crippen LogP contribution in [0.15, 0.2) is 30.3 Å². The monoisotopic (exact) mass is 193 g/mol. The molecule has 3 nitrogen and oxygen atoms in total. The Balaban J connectivity index is 2.50. The molecule has 0 bridgehead atoms. The van der Waals surface area contributed by atoms with Crippen molar-refractivity contribution in [2.24, 2.45) is 0 Å². The van der Waals surface area contributed by atoms with E-state index in [-0.39, 0.29) is 5.91 Å². The zero-order chi connectivity index (χ0) is 10.6. The van der Waals surface area contributed by atoms with Crippen molar-refractivity contribution in [2.45, 2.75) is 26.0 Å². The first kappa shape index (κ1) is 10.7.